The molecule has 0 saturated carbocycles. The predicted molar refractivity (Wildman–Crippen MR) is 82.5 cm³/mol. The number of morpholine rings is 1. The van der Waals surface area contributed by atoms with E-state index in [1.165, 1.54) is 0 Å². The van der Waals surface area contributed by atoms with Crippen LogP contribution < -0.4 is 5.32 Å². The first-order valence-corrected chi connectivity index (χ1v) is 7.95. The number of nitrogens with zero attached hydrogens (tertiary/aromatic N) is 1. The third kappa shape index (κ3) is 4.30. The van der Waals surface area contributed by atoms with Crippen molar-refractivity contribution < 1.29 is 19.4 Å². The molecule has 2 rings (SSSR count). The van der Waals surface area contributed by atoms with Gasteiger partial charge in [-0.25, -0.2) is 0 Å². The predicted octanol–water partition coefficient (Wildman–Crippen LogP) is 0.882. The van der Waals surface area contributed by atoms with E-state index in [-0.39, 0.29) is 5.91 Å². The monoisotopic (exact) mass is 310 g/mol. The molecule has 6 nitrogen and oxygen atoms in total. The fourth-order valence-corrected chi connectivity index (χ4v) is 3.12. The molecular weight excluding hydrogens is 284 g/mol. The summed E-state index contributed by atoms with van der Waals surface area (Å²) in [5, 5.41) is 12.3. The molecule has 0 spiro atoms. The van der Waals surface area contributed by atoms with Crippen LogP contribution in [0, 0.1) is 11.8 Å². The number of ether oxygens (including phenoxy) is 1. The van der Waals surface area contributed by atoms with Gasteiger partial charge < -0.3 is 15.2 Å². The molecule has 0 aromatic heterocycles. The summed E-state index contributed by atoms with van der Waals surface area (Å²) < 4.78 is 5.29. The lowest BCUT2D eigenvalue weighted by atomic mass is 9.76. The van der Waals surface area contributed by atoms with Crippen molar-refractivity contribution >= 4 is 11.9 Å². The van der Waals surface area contributed by atoms with Crippen molar-refractivity contribution in [3.8, 4) is 0 Å². The average molecular weight is 310 g/mol. The number of carboxylic acids is 1. The van der Waals surface area contributed by atoms with Crippen LogP contribution in [0.25, 0.3) is 0 Å². The average Bonchev–Trinajstić information content (AvgIpc) is 2.50. The van der Waals surface area contributed by atoms with Crippen LogP contribution in [0.1, 0.15) is 26.7 Å². The van der Waals surface area contributed by atoms with Crippen molar-refractivity contribution in [2.75, 3.05) is 39.4 Å². The Labute approximate surface area is 131 Å². The van der Waals surface area contributed by atoms with E-state index in [0.29, 0.717) is 19.4 Å². The Bertz CT molecular complexity index is 455. The van der Waals surface area contributed by atoms with Crippen molar-refractivity contribution in [3.05, 3.63) is 11.1 Å². The highest BCUT2D eigenvalue weighted by Crippen LogP contribution is 2.34. The number of allylic oxidation sites excluding steroid dienone is 2. The Hall–Kier alpha value is -1.40. The number of hydrogen-bond acceptors (Lipinski definition) is 4. The van der Waals surface area contributed by atoms with E-state index in [1.54, 1.807) is 0 Å². The van der Waals surface area contributed by atoms with Gasteiger partial charge in [0.05, 0.1) is 25.0 Å². The quantitative estimate of drug-likeness (QED) is 0.737. The number of carboxylic acid groups (broad SMARTS) is 1. The van der Waals surface area contributed by atoms with Gasteiger partial charge in [0.1, 0.15) is 0 Å². The maximum Gasteiger partial charge on any atom is 0.307 e. The highest BCUT2D eigenvalue weighted by atomic mass is 16.5. The van der Waals surface area contributed by atoms with Crippen LogP contribution in [-0.4, -0.2) is 61.3 Å². The van der Waals surface area contributed by atoms with E-state index in [2.05, 4.69) is 10.2 Å². The minimum absolute atomic E-state index is 0.132. The lowest BCUT2D eigenvalue weighted by molar-refractivity contribution is -0.147. The summed E-state index contributed by atoms with van der Waals surface area (Å²) in [4.78, 5) is 26.0. The third-order valence-electron chi connectivity index (χ3n) is 4.75. The van der Waals surface area contributed by atoms with Crippen LogP contribution in [0.5, 0.6) is 0 Å². The van der Waals surface area contributed by atoms with Gasteiger partial charge in [0.15, 0.2) is 0 Å². The second-order valence-corrected chi connectivity index (χ2v) is 6.27. The van der Waals surface area contributed by atoms with Crippen molar-refractivity contribution in [1.82, 2.24) is 10.2 Å². The molecule has 0 aromatic carbocycles. The summed E-state index contributed by atoms with van der Waals surface area (Å²) in [5.74, 6) is -2.06. The first-order valence-electron chi connectivity index (χ1n) is 7.95. The molecule has 2 aliphatic rings. The highest BCUT2D eigenvalue weighted by Gasteiger charge is 2.37. The summed E-state index contributed by atoms with van der Waals surface area (Å²) in [6, 6.07) is 0. The molecule has 1 heterocycles. The lowest BCUT2D eigenvalue weighted by Gasteiger charge is -2.30. The van der Waals surface area contributed by atoms with E-state index in [1.807, 2.05) is 13.8 Å². The zero-order chi connectivity index (χ0) is 16.1. The molecule has 2 N–H and O–H groups in total. The van der Waals surface area contributed by atoms with Crippen LogP contribution >= 0.6 is 0 Å². The van der Waals surface area contributed by atoms with Crippen LogP contribution in [-0.2, 0) is 14.3 Å². The van der Waals surface area contributed by atoms with Gasteiger partial charge in [0.2, 0.25) is 5.91 Å². The van der Waals surface area contributed by atoms with Gasteiger partial charge in [0, 0.05) is 26.2 Å². The molecule has 22 heavy (non-hydrogen) atoms. The molecule has 1 amide bonds. The zero-order valence-corrected chi connectivity index (χ0v) is 13.4. The summed E-state index contributed by atoms with van der Waals surface area (Å²) in [6.07, 6.45) is 1.02. The molecule has 1 fully saturated rings. The molecule has 1 aliphatic heterocycles. The summed E-state index contributed by atoms with van der Waals surface area (Å²) in [5.41, 5.74) is 2.25. The van der Waals surface area contributed by atoms with Crippen LogP contribution in [0.3, 0.4) is 0 Å². The fraction of sp³-hybridized carbons (Fsp3) is 0.750. The number of carbonyl (C=O) groups is 2. The van der Waals surface area contributed by atoms with Crippen molar-refractivity contribution in [3.63, 3.8) is 0 Å². The molecule has 1 aliphatic carbocycles. The van der Waals surface area contributed by atoms with Gasteiger partial charge in [0.25, 0.3) is 0 Å². The number of carbonyl (C=O) groups excluding carboxylic acids is 1. The van der Waals surface area contributed by atoms with Crippen LogP contribution in [0.15, 0.2) is 11.1 Å². The second-order valence-electron chi connectivity index (χ2n) is 6.27. The van der Waals surface area contributed by atoms with E-state index in [0.717, 1.165) is 44.0 Å². The first kappa shape index (κ1) is 17.0. The Balaban J connectivity index is 1.85. The molecule has 2 atom stereocenters. The summed E-state index contributed by atoms with van der Waals surface area (Å²) in [7, 11) is 0. The van der Waals surface area contributed by atoms with E-state index in [9.17, 15) is 14.7 Å². The molecule has 0 aromatic rings. The molecule has 1 saturated heterocycles. The number of amides is 1. The summed E-state index contributed by atoms with van der Waals surface area (Å²) in [6.45, 7) is 8.54. The largest absolute Gasteiger partial charge is 0.481 e. The minimum Gasteiger partial charge on any atom is -0.481 e. The number of nitrogens with one attached hydrogen (secondary N) is 1. The topological polar surface area (TPSA) is 78.9 Å². The van der Waals surface area contributed by atoms with Gasteiger partial charge >= 0.3 is 5.97 Å². The maximum atomic E-state index is 12.4. The summed E-state index contributed by atoms with van der Waals surface area (Å²) >= 11 is 0. The van der Waals surface area contributed by atoms with Gasteiger partial charge in [-0.1, -0.05) is 11.1 Å². The van der Waals surface area contributed by atoms with Crippen LogP contribution in [0.4, 0.5) is 0 Å². The minimum atomic E-state index is -0.875. The first-order chi connectivity index (χ1) is 10.5. The molecular formula is C16H26N2O4. The number of rotatable bonds is 5. The van der Waals surface area contributed by atoms with Crippen molar-refractivity contribution in [1.29, 1.82) is 0 Å². The van der Waals surface area contributed by atoms with Gasteiger partial charge in [-0.05, 0) is 26.7 Å². The highest BCUT2D eigenvalue weighted by molar-refractivity contribution is 5.85. The van der Waals surface area contributed by atoms with E-state index < -0.39 is 17.8 Å². The van der Waals surface area contributed by atoms with E-state index in [4.69, 9.17) is 4.74 Å². The Morgan fingerprint density at radius 1 is 1.18 bits per heavy atom. The van der Waals surface area contributed by atoms with Crippen molar-refractivity contribution in [2.45, 2.75) is 26.7 Å². The Morgan fingerprint density at radius 2 is 1.77 bits per heavy atom. The lowest BCUT2D eigenvalue weighted by Crippen LogP contribution is -2.44. The van der Waals surface area contributed by atoms with Gasteiger partial charge in [-0.2, -0.15) is 0 Å². The molecule has 0 bridgehead atoms. The Kier molecular flexibility index (Phi) is 5.97. The van der Waals surface area contributed by atoms with Crippen LogP contribution in [0.2, 0.25) is 0 Å². The van der Waals surface area contributed by atoms with Crippen molar-refractivity contribution in [2.24, 2.45) is 11.8 Å². The number of aliphatic carboxylic acids is 1. The molecule has 6 heteroatoms. The standard InChI is InChI=1S/C16H26N2O4/c1-11-9-13(14(16(20)21)10-12(11)2)15(19)17-3-4-18-5-7-22-8-6-18/h13-14H,3-10H2,1-2H3,(H,17,19)(H,20,21). The van der Waals surface area contributed by atoms with Gasteiger partial charge in [-0.3, -0.25) is 14.5 Å². The Morgan fingerprint density at radius 3 is 2.36 bits per heavy atom. The normalized spacial score (nSPS) is 26.8. The molecule has 124 valence electrons. The molecule has 2 unspecified atom stereocenters. The number of hydrogen-bond donors (Lipinski definition) is 2. The maximum absolute atomic E-state index is 12.4. The SMILES string of the molecule is CC1=C(C)CC(C(=O)NCCN2CCOCC2)C(C(=O)O)C1. The third-order valence-corrected chi connectivity index (χ3v) is 4.75. The molecule has 0 radical (unpaired) electrons. The van der Waals surface area contributed by atoms with E-state index >= 15 is 0 Å². The fourth-order valence-electron chi connectivity index (χ4n) is 3.12. The smallest absolute Gasteiger partial charge is 0.307 e. The van der Waals surface area contributed by atoms with Gasteiger partial charge in [-0.15, -0.1) is 0 Å². The zero-order valence-electron chi connectivity index (χ0n) is 13.4. The second kappa shape index (κ2) is 7.74.